The van der Waals surface area contributed by atoms with Crippen LogP contribution in [-0.4, -0.2) is 23.0 Å². The van der Waals surface area contributed by atoms with Gasteiger partial charge in [-0.25, -0.2) is 4.39 Å². The third-order valence-corrected chi connectivity index (χ3v) is 4.15. The van der Waals surface area contributed by atoms with Gasteiger partial charge in [0, 0.05) is 5.56 Å². The van der Waals surface area contributed by atoms with Gasteiger partial charge in [0.1, 0.15) is 6.61 Å². The highest BCUT2D eigenvalue weighted by Crippen LogP contribution is 2.21. The van der Waals surface area contributed by atoms with Crippen LogP contribution in [0.25, 0.3) is 0 Å². The normalized spacial score (nSPS) is 15.8. The number of amides is 1. The third-order valence-electron chi connectivity index (χ3n) is 3.29. The van der Waals surface area contributed by atoms with E-state index in [4.69, 9.17) is 4.74 Å². The van der Waals surface area contributed by atoms with Crippen molar-refractivity contribution < 1.29 is 18.3 Å². The van der Waals surface area contributed by atoms with Crippen molar-refractivity contribution in [3.63, 3.8) is 0 Å². The molecule has 0 spiro atoms. The first-order valence-corrected chi connectivity index (χ1v) is 8.30. The van der Waals surface area contributed by atoms with Crippen LogP contribution in [0.2, 0.25) is 0 Å². The molecule has 1 saturated heterocycles. The zero-order valence-corrected chi connectivity index (χ0v) is 13.7. The quantitative estimate of drug-likeness (QED) is 0.658. The van der Waals surface area contributed by atoms with Crippen molar-refractivity contribution in [3.05, 3.63) is 65.2 Å². The molecule has 1 amide bonds. The van der Waals surface area contributed by atoms with Crippen molar-refractivity contribution in [2.75, 3.05) is 5.75 Å². The van der Waals surface area contributed by atoms with Gasteiger partial charge in [0.15, 0.2) is 16.7 Å². The molecule has 0 bridgehead atoms. The van der Waals surface area contributed by atoms with Gasteiger partial charge < -0.3 is 10.1 Å². The molecule has 1 aliphatic rings. The summed E-state index contributed by atoms with van der Waals surface area (Å²) in [6.07, 6.45) is 1.51. The van der Waals surface area contributed by atoms with Crippen molar-refractivity contribution in [1.29, 1.82) is 0 Å². The molecule has 2 aromatic rings. The van der Waals surface area contributed by atoms with E-state index in [9.17, 15) is 13.6 Å². The zero-order valence-electron chi connectivity index (χ0n) is 12.9. The molecule has 0 radical (unpaired) electrons. The van der Waals surface area contributed by atoms with Crippen LogP contribution in [0, 0.1) is 11.6 Å². The molecule has 0 atom stereocenters. The van der Waals surface area contributed by atoms with E-state index in [2.05, 4.69) is 15.5 Å². The summed E-state index contributed by atoms with van der Waals surface area (Å²) in [5, 5.41) is 10.9. The standard InChI is InChI=1S/C17H13F2N3O2S/c18-13-6-3-7-14(16(13)19)24-9-12-5-2-1-4-11(12)8-20-22-17-21-15(23)10-25-17/h1-8H,9-10H2,(H,21,22,23). The molecule has 2 aromatic carbocycles. The molecule has 5 nitrogen and oxygen atoms in total. The maximum absolute atomic E-state index is 13.6. The Hall–Kier alpha value is -2.74. The van der Waals surface area contributed by atoms with Crippen molar-refractivity contribution >= 4 is 29.1 Å². The Morgan fingerprint density at radius 2 is 2.04 bits per heavy atom. The monoisotopic (exact) mass is 361 g/mol. The Morgan fingerprint density at radius 1 is 1.20 bits per heavy atom. The first-order chi connectivity index (χ1) is 12.1. The Balaban J connectivity index is 1.70. The van der Waals surface area contributed by atoms with Crippen LogP contribution in [0.15, 0.2) is 52.7 Å². The van der Waals surface area contributed by atoms with Gasteiger partial charge in [-0.15, -0.1) is 5.10 Å². The number of amidine groups is 1. The Kier molecular flexibility index (Phi) is 5.39. The predicted molar refractivity (Wildman–Crippen MR) is 92.8 cm³/mol. The first kappa shape index (κ1) is 17.1. The summed E-state index contributed by atoms with van der Waals surface area (Å²) in [7, 11) is 0. The summed E-state index contributed by atoms with van der Waals surface area (Å²) in [4.78, 5) is 11.1. The average Bonchev–Trinajstić information content (AvgIpc) is 3.02. The predicted octanol–water partition coefficient (Wildman–Crippen LogP) is 3.10. The van der Waals surface area contributed by atoms with E-state index < -0.39 is 11.6 Å². The zero-order chi connectivity index (χ0) is 17.6. The first-order valence-electron chi connectivity index (χ1n) is 7.32. The second-order valence-corrected chi connectivity index (χ2v) is 5.99. The molecule has 1 fully saturated rings. The van der Waals surface area contributed by atoms with E-state index in [1.807, 2.05) is 6.07 Å². The van der Waals surface area contributed by atoms with E-state index in [0.717, 1.165) is 17.2 Å². The van der Waals surface area contributed by atoms with Gasteiger partial charge in [-0.3, -0.25) is 4.79 Å². The Bertz CT molecular complexity index is 856. The molecule has 0 saturated carbocycles. The van der Waals surface area contributed by atoms with E-state index in [1.54, 1.807) is 18.2 Å². The van der Waals surface area contributed by atoms with Gasteiger partial charge in [0.05, 0.1) is 12.0 Å². The van der Waals surface area contributed by atoms with Crippen LogP contribution >= 0.6 is 11.8 Å². The topological polar surface area (TPSA) is 63.0 Å². The summed E-state index contributed by atoms with van der Waals surface area (Å²) in [5.74, 6) is -1.91. The van der Waals surface area contributed by atoms with E-state index in [1.165, 1.54) is 30.1 Å². The summed E-state index contributed by atoms with van der Waals surface area (Å²) in [6.45, 7) is 0.0463. The molecule has 1 heterocycles. The summed E-state index contributed by atoms with van der Waals surface area (Å²) >= 11 is 1.27. The maximum Gasteiger partial charge on any atom is 0.236 e. The Morgan fingerprint density at radius 3 is 2.84 bits per heavy atom. The number of nitrogens with one attached hydrogen (secondary N) is 1. The van der Waals surface area contributed by atoms with E-state index >= 15 is 0 Å². The van der Waals surface area contributed by atoms with Crippen molar-refractivity contribution in [2.24, 2.45) is 10.2 Å². The van der Waals surface area contributed by atoms with Crippen molar-refractivity contribution in [3.8, 4) is 5.75 Å². The van der Waals surface area contributed by atoms with Gasteiger partial charge in [0.25, 0.3) is 0 Å². The van der Waals surface area contributed by atoms with Crippen LogP contribution in [0.5, 0.6) is 5.75 Å². The minimum Gasteiger partial charge on any atom is -0.486 e. The number of carbonyl (C=O) groups excluding carboxylic acids is 1. The highest BCUT2D eigenvalue weighted by atomic mass is 32.2. The lowest BCUT2D eigenvalue weighted by Gasteiger charge is -2.09. The fraction of sp³-hybridized carbons (Fsp3) is 0.118. The van der Waals surface area contributed by atoms with E-state index in [0.29, 0.717) is 10.9 Å². The molecule has 1 N–H and O–H groups in total. The van der Waals surface area contributed by atoms with Gasteiger partial charge in [0.2, 0.25) is 11.7 Å². The van der Waals surface area contributed by atoms with Crippen LogP contribution in [0.3, 0.4) is 0 Å². The number of carbonyl (C=O) groups is 1. The van der Waals surface area contributed by atoms with Crippen LogP contribution in [0.1, 0.15) is 11.1 Å². The second kappa shape index (κ2) is 7.89. The van der Waals surface area contributed by atoms with Gasteiger partial charge in [-0.05, 0) is 17.7 Å². The molecule has 25 heavy (non-hydrogen) atoms. The molecular formula is C17H13F2N3O2S. The molecule has 1 aliphatic heterocycles. The number of hydrogen-bond acceptors (Lipinski definition) is 5. The van der Waals surface area contributed by atoms with Crippen molar-refractivity contribution in [2.45, 2.75) is 6.61 Å². The number of ether oxygens (including phenoxy) is 1. The summed E-state index contributed by atoms with van der Waals surface area (Å²) in [6, 6.07) is 11.0. The lowest BCUT2D eigenvalue weighted by atomic mass is 10.1. The molecule has 0 aliphatic carbocycles. The highest BCUT2D eigenvalue weighted by molar-refractivity contribution is 8.15. The Labute approximate surface area is 146 Å². The molecular weight excluding hydrogens is 348 g/mol. The number of hydrogen-bond donors (Lipinski definition) is 1. The number of benzene rings is 2. The fourth-order valence-corrected chi connectivity index (χ4v) is 2.70. The smallest absolute Gasteiger partial charge is 0.236 e. The molecule has 8 heteroatoms. The largest absolute Gasteiger partial charge is 0.486 e. The SMILES string of the molecule is O=C1CSC(=NN=Cc2ccccc2COc2cccc(F)c2F)N1. The number of rotatable bonds is 5. The second-order valence-electron chi connectivity index (χ2n) is 5.03. The highest BCUT2D eigenvalue weighted by Gasteiger charge is 2.16. The molecule has 128 valence electrons. The lowest BCUT2D eigenvalue weighted by molar-refractivity contribution is -0.116. The summed E-state index contributed by atoms with van der Waals surface area (Å²) in [5.41, 5.74) is 1.45. The van der Waals surface area contributed by atoms with Gasteiger partial charge in [-0.1, -0.05) is 42.1 Å². The van der Waals surface area contributed by atoms with Crippen LogP contribution in [0.4, 0.5) is 8.78 Å². The minimum absolute atomic E-state index is 0.0463. The molecule has 3 rings (SSSR count). The third kappa shape index (κ3) is 4.42. The summed E-state index contributed by atoms with van der Waals surface area (Å²) < 4.78 is 32.2. The van der Waals surface area contributed by atoms with E-state index in [-0.39, 0.29) is 18.3 Å². The van der Waals surface area contributed by atoms with Gasteiger partial charge >= 0.3 is 0 Å². The number of thioether (sulfide) groups is 1. The average molecular weight is 361 g/mol. The molecule has 0 unspecified atom stereocenters. The van der Waals surface area contributed by atoms with Crippen LogP contribution in [-0.2, 0) is 11.4 Å². The van der Waals surface area contributed by atoms with Gasteiger partial charge in [-0.2, -0.15) is 9.49 Å². The number of nitrogens with zero attached hydrogens (tertiary/aromatic N) is 2. The maximum atomic E-state index is 13.6. The van der Waals surface area contributed by atoms with Crippen LogP contribution < -0.4 is 10.1 Å². The molecule has 0 aromatic heterocycles. The minimum atomic E-state index is -1.02. The fourth-order valence-electron chi connectivity index (χ4n) is 2.07. The lowest BCUT2D eigenvalue weighted by Crippen LogP contribution is -2.19. The number of halogens is 2. The van der Waals surface area contributed by atoms with Crippen molar-refractivity contribution in [1.82, 2.24) is 5.32 Å².